The fourth-order valence-electron chi connectivity index (χ4n) is 1.52. The second-order valence-electron chi connectivity index (χ2n) is 3.89. The second kappa shape index (κ2) is 6.88. The Bertz CT molecular complexity index is 560. The minimum Gasteiger partial charge on any atom is -0.409 e. The van der Waals surface area contributed by atoms with Crippen LogP contribution in [-0.4, -0.2) is 36.9 Å². The molecule has 0 unspecified atom stereocenters. The second-order valence-corrected chi connectivity index (χ2v) is 6.74. The molecule has 6 nitrogen and oxygen atoms in total. The van der Waals surface area contributed by atoms with Crippen molar-refractivity contribution in [1.29, 1.82) is 0 Å². The van der Waals surface area contributed by atoms with Gasteiger partial charge in [-0.3, -0.25) is 0 Å². The van der Waals surface area contributed by atoms with Crippen molar-refractivity contribution in [2.75, 3.05) is 13.1 Å². The summed E-state index contributed by atoms with van der Waals surface area (Å²) in [6, 6.07) is 6.41. The van der Waals surface area contributed by atoms with Crippen LogP contribution in [0.2, 0.25) is 0 Å². The maximum Gasteiger partial charge on any atom is 0.243 e. The molecular formula is C11H16BrN3O3S. The van der Waals surface area contributed by atoms with Gasteiger partial charge in [0.25, 0.3) is 0 Å². The van der Waals surface area contributed by atoms with Crippen LogP contribution < -0.4 is 5.73 Å². The SMILES string of the molecule is CCCN(CC(N)=NO)S(=O)(=O)c1cccc(Br)c1. The van der Waals surface area contributed by atoms with Gasteiger partial charge >= 0.3 is 0 Å². The van der Waals surface area contributed by atoms with Gasteiger partial charge < -0.3 is 10.9 Å². The lowest BCUT2D eigenvalue weighted by atomic mass is 10.4. The fourth-order valence-corrected chi connectivity index (χ4v) is 3.62. The molecule has 0 saturated carbocycles. The van der Waals surface area contributed by atoms with Crippen molar-refractivity contribution >= 4 is 31.8 Å². The average Bonchev–Trinajstić information content (AvgIpc) is 2.38. The molecule has 0 fully saturated rings. The van der Waals surface area contributed by atoms with Crippen molar-refractivity contribution in [2.45, 2.75) is 18.2 Å². The molecule has 0 aliphatic carbocycles. The average molecular weight is 350 g/mol. The smallest absolute Gasteiger partial charge is 0.243 e. The summed E-state index contributed by atoms with van der Waals surface area (Å²) in [5.41, 5.74) is 5.39. The van der Waals surface area contributed by atoms with Crippen LogP contribution in [-0.2, 0) is 10.0 Å². The number of benzene rings is 1. The van der Waals surface area contributed by atoms with E-state index in [2.05, 4.69) is 21.1 Å². The first-order valence-electron chi connectivity index (χ1n) is 5.64. The van der Waals surface area contributed by atoms with E-state index in [9.17, 15) is 8.42 Å². The zero-order valence-electron chi connectivity index (χ0n) is 10.5. The van der Waals surface area contributed by atoms with Gasteiger partial charge in [-0.2, -0.15) is 4.31 Å². The first kappa shape index (κ1) is 15.9. The number of nitrogens with two attached hydrogens (primary N) is 1. The van der Waals surface area contributed by atoms with Gasteiger partial charge in [-0.25, -0.2) is 8.42 Å². The fraction of sp³-hybridized carbons (Fsp3) is 0.364. The molecule has 19 heavy (non-hydrogen) atoms. The zero-order chi connectivity index (χ0) is 14.5. The van der Waals surface area contributed by atoms with Crippen LogP contribution >= 0.6 is 15.9 Å². The Kier molecular flexibility index (Phi) is 5.77. The standard InChI is InChI=1S/C11H16BrN3O3S/c1-2-6-15(8-11(13)14-16)19(17,18)10-5-3-4-9(12)7-10/h3-5,7,16H,2,6,8H2,1H3,(H2,13,14). The lowest BCUT2D eigenvalue weighted by molar-refractivity contribution is 0.314. The molecular weight excluding hydrogens is 334 g/mol. The van der Waals surface area contributed by atoms with Gasteiger partial charge in [0.1, 0.15) is 0 Å². The molecule has 0 aliphatic heterocycles. The molecule has 0 atom stereocenters. The van der Waals surface area contributed by atoms with Crippen LogP contribution in [0.3, 0.4) is 0 Å². The number of nitrogens with zero attached hydrogens (tertiary/aromatic N) is 2. The van der Waals surface area contributed by atoms with Crippen LogP contribution in [0.25, 0.3) is 0 Å². The number of sulfonamides is 1. The van der Waals surface area contributed by atoms with Gasteiger partial charge in [-0.15, -0.1) is 0 Å². The quantitative estimate of drug-likeness (QED) is 0.352. The summed E-state index contributed by atoms with van der Waals surface area (Å²) in [6.45, 7) is 2.01. The molecule has 0 bridgehead atoms. The Balaban J connectivity index is 3.12. The van der Waals surface area contributed by atoms with Gasteiger partial charge in [0, 0.05) is 11.0 Å². The number of halogens is 1. The molecule has 0 aliphatic rings. The topological polar surface area (TPSA) is 96.0 Å². The Morgan fingerprint density at radius 3 is 2.74 bits per heavy atom. The number of hydrogen-bond acceptors (Lipinski definition) is 4. The van der Waals surface area contributed by atoms with Crippen LogP contribution in [0.4, 0.5) is 0 Å². The van der Waals surface area contributed by atoms with Crippen LogP contribution in [0.15, 0.2) is 38.8 Å². The van der Waals surface area contributed by atoms with Crippen LogP contribution in [0.1, 0.15) is 13.3 Å². The van der Waals surface area contributed by atoms with Crippen molar-refractivity contribution in [3.8, 4) is 0 Å². The predicted octanol–water partition coefficient (Wildman–Crippen LogP) is 1.60. The molecule has 0 aromatic heterocycles. The molecule has 0 amide bonds. The minimum absolute atomic E-state index is 0.140. The monoisotopic (exact) mass is 349 g/mol. The van der Waals surface area contributed by atoms with E-state index in [1.54, 1.807) is 12.1 Å². The van der Waals surface area contributed by atoms with E-state index in [0.717, 1.165) is 0 Å². The Hall–Kier alpha value is -1.12. The van der Waals surface area contributed by atoms with Crippen LogP contribution in [0.5, 0.6) is 0 Å². The van der Waals surface area contributed by atoms with Crippen LogP contribution in [0, 0.1) is 0 Å². The third-order valence-electron chi connectivity index (χ3n) is 2.37. The maximum absolute atomic E-state index is 12.4. The summed E-state index contributed by atoms with van der Waals surface area (Å²) >= 11 is 3.24. The maximum atomic E-state index is 12.4. The molecule has 0 spiro atoms. The summed E-state index contributed by atoms with van der Waals surface area (Å²) in [5.74, 6) is -0.146. The lowest BCUT2D eigenvalue weighted by Gasteiger charge is -2.21. The van der Waals surface area contributed by atoms with Gasteiger partial charge in [0.15, 0.2) is 5.84 Å². The Morgan fingerprint density at radius 2 is 2.21 bits per heavy atom. The summed E-state index contributed by atoms with van der Waals surface area (Å²) in [7, 11) is -3.66. The highest BCUT2D eigenvalue weighted by Crippen LogP contribution is 2.20. The molecule has 106 valence electrons. The van der Waals surface area contributed by atoms with Crippen molar-refractivity contribution in [3.63, 3.8) is 0 Å². The minimum atomic E-state index is -3.66. The normalized spacial score (nSPS) is 12.9. The molecule has 3 N–H and O–H groups in total. The molecule has 1 rings (SSSR count). The molecule has 1 aromatic rings. The summed E-state index contributed by atoms with van der Waals surface area (Å²) in [5, 5.41) is 11.4. The van der Waals surface area contributed by atoms with Crippen molar-refractivity contribution in [2.24, 2.45) is 10.9 Å². The van der Waals surface area contributed by atoms with E-state index < -0.39 is 10.0 Å². The highest BCUT2D eigenvalue weighted by Gasteiger charge is 2.24. The number of amidine groups is 1. The predicted molar refractivity (Wildman–Crippen MR) is 76.6 cm³/mol. The molecule has 0 saturated heterocycles. The summed E-state index contributed by atoms with van der Waals surface area (Å²) < 4.78 is 26.7. The number of hydrogen-bond donors (Lipinski definition) is 2. The Labute approximate surface area is 121 Å². The van der Waals surface area contributed by atoms with Gasteiger partial charge in [0.05, 0.1) is 11.4 Å². The van der Waals surface area contributed by atoms with E-state index in [1.165, 1.54) is 16.4 Å². The molecule has 1 aromatic carbocycles. The third-order valence-corrected chi connectivity index (χ3v) is 4.71. The van der Waals surface area contributed by atoms with Crippen molar-refractivity contribution in [3.05, 3.63) is 28.7 Å². The van der Waals surface area contributed by atoms with Crippen molar-refractivity contribution in [1.82, 2.24) is 4.31 Å². The zero-order valence-corrected chi connectivity index (χ0v) is 12.9. The van der Waals surface area contributed by atoms with E-state index in [-0.39, 0.29) is 17.3 Å². The van der Waals surface area contributed by atoms with E-state index in [1.807, 2.05) is 6.92 Å². The summed E-state index contributed by atoms with van der Waals surface area (Å²) in [6.07, 6.45) is 0.631. The van der Waals surface area contributed by atoms with Gasteiger partial charge in [0.2, 0.25) is 10.0 Å². The molecule has 8 heteroatoms. The van der Waals surface area contributed by atoms with E-state index in [0.29, 0.717) is 17.4 Å². The van der Waals surface area contributed by atoms with Gasteiger partial charge in [-0.05, 0) is 24.6 Å². The first-order chi connectivity index (χ1) is 8.91. The highest BCUT2D eigenvalue weighted by atomic mass is 79.9. The van der Waals surface area contributed by atoms with E-state index in [4.69, 9.17) is 10.9 Å². The number of oxime groups is 1. The molecule has 0 radical (unpaired) electrons. The van der Waals surface area contributed by atoms with Gasteiger partial charge in [-0.1, -0.05) is 34.1 Å². The highest BCUT2D eigenvalue weighted by molar-refractivity contribution is 9.10. The lowest BCUT2D eigenvalue weighted by Crippen LogP contribution is -2.39. The molecule has 0 heterocycles. The summed E-state index contributed by atoms with van der Waals surface area (Å²) in [4.78, 5) is 0.168. The first-order valence-corrected chi connectivity index (χ1v) is 7.87. The van der Waals surface area contributed by atoms with E-state index >= 15 is 0 Å². The Morgan fingerprint density at radius 1 is 1.53 bits per heavy atom. The largest absolute Gasteiger partial charge is 0.409 e. The third kappa shape index (κ3) is 4.19. The number of rotatable bonds is 6. The van der Waals surface area contributed by atoms with Crippen molar-refractivity contribution < 1.29 is 13.6 Å².